The van der Waals surface area contributed by atoms with Crippen LogP contribution in [-0.4, -0.2) is 41.1 Å². The van der Waals surface area contributed by atoms with Gasteiger partial charge in [0.1, 0.15) is 0 Å². The molecular formula is C20H33N3O4. The van der Waals surface area contributed by atoms with Crippen molar-refractivity contribution in [1.29, 1.82) is 0 Å². The molecule has 2 fully saturated rings. The molecule has 0 spiro atoms. The molecule has 0 aromatic heterocycles. The SMILES string of the molecule is CC(C)(C)CC(NC(=O)C1CCCCCC1)C(=O)C(=O)NN1CCCC1=O. The summed E-state index contributed by atoms with van der Waals surface area (Å²) in [5.41, 5.74) is 2.17. The second kappa shape index (κ2) is 9.33. The second-order valence-corrected chi connectivity index (χ2v) is 8.97. The van der Waals surface area contributed by atoms with Gasteiger partial charge in [-0.05, 0) is 31.1 Å². The number of nitrogens with zero attached hydrogens (tertiary/aromatic N) is 1. The van der Waals surface area contributed by atoms with Crippen LogP contribution in [0.1, 0.15) is 78.6 Å². The molecule has 1 saturated carbocycles. The number of Topliss-reactive ketones (excluding diaryl/α,β-unsaturated/α-hetero) is 1. The highest BCUT2D eigenvalue weighted by atomic mass is 16.2. The van der Waals surface area contributed by atoms with Gasteiger partial charge in [-0.15, -0.1) is 0 Å². The average Bonchev–Trinajstić information content (AvgIpc) is 2.84. The predicted octanol–water partition coefficient (Wildman–Crippen LogP) is 2.10. The standard InChI is InChI=1S/C20H33N3O4/c1-20(2,3)13-15(21-18(26)14-9-6-4-5-7-10-14)17(25)19(27)22-23-12-8-11-16(23)24/h14-15H,4-13H2,1-3H3,(H,21,26)(H,22,27). The summed E-state index contributed by atoms with van der Waals surface area (Å²) >= 11 is 0. The minimum atomic E-state index is -0.876. The lowest BCUT2D eigenvalue weighted by molar-refractivity contribution is -0.146. The molecule has 1 saturated heterocycles. The van der Waals surface area contributed by atoms with Gasteiger partial charge >= 0.3 is 5.91 Å². The first-order valence-electron chi connectivity index (χ1n) is 10.1. The minimum Gasteiger partial charge on any atom is -0.345 e. The van der Waals surface area contributed by atoms with Crippen molar-refractivity contribution in [1.82, 2.24) is 15.8 Å². The van der Waals surface area contributed by atoms with Crippen LogP contribution in [0, 0.1) is 11.3 Å². The summed E-state index contributed by atoms with van der Waals surface area (Å²) in [4.78, 5) is 49.5. The van der Waals surface area contributed by atoms with Crippen molar-refractivity contribution in [3.8, 4) is 0 Å². The van der Waals surface area contributed by atoms with Crippen LogP contribution in [0.4, 0.5) is 0 Å². The Kier molecular flexibility index (Phi) is 7.39. The molecule has 7 nitrogen and oxygen atoms in total. The molecule has 152 valence electrons. The number of carbonyl (C=O) groups excluding carboxylic acids is 4. The molecule has 27 heavy (non-hydrogen) atoms. The highest BCUT2D eigenvalue weighted by Crippen LogP contribution is 2.25. The Hall–Kier alpha value is -1.92. The van der Waals surface area contributed by atoms with Gasteiger partial charge < -0.3 is 5.32 Å². The van der Waals surface area contributed by atoms with Crippen LogP contribution in [0.15, 0.2) is 0 Å². The first-order chi connectivity index (χ1) is 12.7. The van der Waals surface area contributed by atoms with E-state index in [0.717, 1.165) is 38.5 Å². The van der Waals surface area contributed by atoms with E-state index in [1.807, 2.05) is 20.8 Å². The van der Waals surface area contributed by atoms with E-state index < -0.39 is 17.7 Å². The van der Waals surface area contributed by atoms with Gasteiger partial charge in [-0.2, -0.15) is 0 Å². The van der Waals surface area contributed by atoms with Crippen LogP contribution >= 0.6 is 0 Å². The quantitative estimate of drug-likeness (QED) is 0.546. The van der Waals surface area contributed by atoms with Gasteiger partial charge in [0, 0.05) is 18.9 Å². The third-order valence-corrected chi connectivity index (χ3v) is 5.21. The number of hydrogen-bond donors (Lipinski definition) is 2. The summed E-state index contributed by atoms with van der Waals surface area (Å²) in [7, 11) is 0. The third kappa shape index (κ3) is 6.63. The van der Waals surface area contributed by atoms with Crippen LogP contribution in [0.2, 0.25) is 0 Å². The molecule has 1 aliphatic heterocycles. The van der Waals surface area contributed by atoms with E-state index in [0.29, 0.717) is 25.8 Å². The maximum absolute atomic E-state index is 12.7. The third-order valence-electron chi connectivity index (χ3n) is 5.21. The van der Waals surface area contributed by atoms with Crippen molar-refractivity contribution in [2.24, 2.45) is 11.3 Å². The molecule has 1 atom stereocenters. The Morgan fingerprint density at radius 2 is 1.70 bits per heavy atom. The predicted molar refractivity (Wildman–Crippen MR) is 101 cm³/mol. The first kappa shape index (κ1) is 21.4. The highest BCUT2D eigenvalue weighted by Gasteiger charge is 2.34. The average molecular weight is 380 g/mol. The number of hydrogen-bond acceptors (Lipinski definition) is 4. The summed E-state index contributed by atoms with van der Waals surface area (Å²) in [6, 6.07) is -0.876. The van der Waals surface area contributed by atoms with E-state index in [4.69, 9.17) is 0 Å². The molecule has 3 amide bonds. The van der Waals surface area contributed by atoms with Crippen LogP contribution in [0.3, 0.4) is 0 Å². The van der Waals surface area contributed by atoms with Crippen LogP contribution in [0.25, 0.3) is 0 Å². The highest BCUT2D eigenvalue weighted by molar-refractivity contribution is 6.38. The van der Waals surface area contributed by atoms with Gasteiger partial charge in [0.25, 0.3) is 0 Å². The molecule has 1 heterocycles. The Labute approximate surface area is 161 Å². The Bertz CT molecular complexity index is 574. The lowest BCUT2D eigenvalue weighted by atomic mass is 9.86. The molecule has 0 bridgehead atoms. The van der Waals surface area contributed by atoms with E-state index in [1.54, 1.807) is 0 Å². The topological polar surface area (TPSA) is 95.6 Å². The van der Waals surface area contributed by atoms with E-state index in [9.17, 15) is 19.2 Å². The second-order valence-electron chi connectivity index (χ2n) is 8.97. The molecule has 1 aliphatic carbocycles. The maximum atomic E-state index is 12.7. The Balaban J connectivity index is 2.03. The normalized spacial score (nSPS) is 20.1. The van der Waals surface area contributed by atoms with Crippen LogP contribution in [-0.2, 0) is 19.2 Å². The number of nitrogens with one attached hydrogen (secondary N) is 2. The molecule has 0 radical (unpaired) electrons. The Morgan fingerprint density at radius 3 is 2.22 bits per heavy atom. The molecule has 2 aliphatic rings. The fraction of sp³-hybridized carbons (Fsp3) is 0.800. The number of amides is 3. The molecular weight excluding hydrogens is 346 g/mol. The molecule has 0 aromatic carbocycles. The van der Waals surface area contributed by atoms with Gasteiger partial charge in [-0.3, -0.25) is 29.6 Å². The molecule has 1 unspecified atom stereocenters. The zero-order valence-electron chi connectivity index (χ0n) is 16.8. The van der Waals surface area contributed by atoms with Crippen LogP contribution < -0.4 is 10.7 Å². The zero-order chi connectivity index (χ0) is 20.0. The first-order valence-corrected chi connectivity index (χ1v) is 10.1. The van der Waals surface area contributed by atoms with Gasteiger partial charge in [0.15, 0.2) is 0 Å². The molecule has 2 N–H and O–H groups in total. The van der Waals surface area contributed by atoms with E-state index in [2.05, 4.69) is 10.7 Å². The van der Waals surface area contributed by atoms with Crippen molar-refractivity contribution < 1.29 is 19.2 Å². The monoisotopic (exact) mass is 379 g/mol. The number of rotatable bonds is 6. The van der Waals surface area contributed by atoms with E-state index in [1.165, 1.54) is 5.01 Å². The lowest BCUT2D eigenvalue weighted by Gasteiger charge is -2.27. The Morgan fingerprint density at radius 1 is 1.07 bits per heavy atom. The molecule has 7 heteroatoms. The summed E-state index contributed by atoms with van der Waals surface area (Å²) in [5.74, 6) is -1.94. The van der Waals surface area contributed by atoms with Crippen molar-refractivity contribution in [2.45, 2.75) is 84.6 Å². The number of ketones is 1. The smallest absolute Gasteiger partial charge is 0.308 e. The van der Waals surface area contributed by atoms with E-state index in [-0.39, 0.29) is 23.1 Å². The summed E-state index contributed by atoms with van der Waals surface area (Å²) in [6.45, 7) is 6.31. The van der Waals surface area contributed by atoms with Gasteiger partial charge in [-0.25, -0.2) is 0 Å². The summed E-state index contributed by atoms with van der Waals surface area (Å²) in [5, 5.41) is 4.03. The maximum Gasteiger partial charge on any atom is 0.308 e. The van der Waals surface area contributed by atoms with Crippen molar-refractivity contribution in [3.05, 3.63) is 0 Å². The van der Waals surface area contributed by atoms with Gasteiger partial charge in [0.05, 0.1) is 6.04 Å². The van der Waals surface area contributed by atoms with Crippen molar-refractivity contribution in [3.63, 3.8) is 0 Å². The minimum absolute atomic E-state index is 0.0917. The lowest BCUT2D eigenvalue weighted by Crippen LogP contribution is -2.53. The number of hydrazine groups is 1. The fourth-order valence-electron chi connectivity index (χ4n) is 3.76. The van der Waals surface area contributed by atoms with E-state index >= 15 is 0 Å². The van der Waals surface area contributed by atoms with Crippen molar-refractivity contribution in [2.75, 3.05) is 6.54 Å². The summed E-state index contributed by atoms with van der Waals surface area (Å²) < 4.78 is 0. The summed E-state index contributed by atoms with van der Waals surface area (Å²) in [6.07, 6.45) is 7.39. The molecule has 0 aromatic rings. The number of carbonyl (C=O) groups is 4. The molecule has 2 rings (SSSR count). The zero-order valence-corrected chi connectivity index (χ0v) is 16.8. The van der Waals surface area contributed by atoms with Gasteiger partial charge in [0.2, 0.25) is 17.6 Å². The largest absolute Gasteiger partial charge is 0.345 e. The fourth-order valence-corrected chi connectivity index (χ4v) is 3.76. The van der Waals surface area contributed by atoms with Crippen LogP contribution in [0.5, 0.6) is 0 Å². The van der Waals surface area contributed by atoms with Gasteiger partial charge in [-0.1, -0.05) is 46.5 Å². The van der Waals surface area contributed by atoms with Crippen molar-refractivity contribution >= 4 is 23.5 Å².